The summed E-state index contributed by atoms with van der Waals surface area (Å²) in [5, 5.41) is 0.546. The van der Waals surface area contributed by atoms with Crippen LogP contribution in [0, 0.1) is 6.92 Å². The number of hydrogen-bond acceptors (Lipinski definition) is 3. The highest BCUT2D eigenvalue weighted by Gasteiger charge is 2.13. The van der Waals surface area contributed by atoms with E-state index in [2.05, 4.69) is 49.9 Å². The first-order chi connectivity index (χ1) is 10.0. The van der Waals surface area contributed by atoms with Gasteiger partial charge >= 0.3 is 0 Å². The van der Waals surface area contributed by atoms with E-state index in [1.54, 1.807) is 0 Å². The van der Waals surface area contributed by atoms with Gasteiger partial charge in [0, 0.05) is 30.0 Å². The number of benzene rings is 1. The number of nitrogens with zero attached hydrogens (tertiary/aromatic N) is 3. The Balaban J connectivity index is 2.27. The van der Waals surface area contributed by atoms with Crippen molar-refractivity contribution in [3.05, 3.63) is 50.8 Å². The first-order valence-corrected chi connectivity index (χ1v) is 8.17. The molecule has 0 amide bonds. The van der Waals surface area contributed by atoms with Crippen molar-refractivity contribution in [3.63, 3.8) is 0 Å². The first kappa shape index (κ1) is 16.2. The van der Waals surface area contributed by atoms with Crippen molar-refractivity contribution >= 4 is 33.3 Å². The third-order valence-corrected chi connectivity index (χ3v) is 4.11. The lowest BCUT2D eigenvalue weighted by molar-refractivity contribution is 0.806. The van der Waals surface area contributed by atoms with Gasteiger partial charge in [-0.3, -0.25) is 0 Å². The highest BCUT2D eigenvalue weighted by Crippen LogP contribution is 2.24. The van der Waals surface area contributed by atoms with E-state index in [1.807, 2.05) is 26.1 Å². The summed E-state index contributed by atoms with van der Waals surface area (Å²) in [5.41, 5.74) is 2.15. The zero-order valence-corrected chi connectivity index (χ0v) is 14.9. The average Bonchev–Trinajstić information content (AvgIpc) is 2.43. The van der Waals surface area contributed by atoms with E-state index < -0.39 is 0 Å². The molecule has 0 saturated carbocycles. The second kappa shape index (κ2) is 7.23. The first-order valence-electron chi connectivity index (χ1n) is 7.00. The molecule has 21 heavy (non-hydrogen) atoms. The predicted molar refractivity (Wildman–Crippen MR) is 92.0 cm³/mol. The maximum atomic E-state index is 6.24. The van der Waals surface area contributed by atoms with Crippen LogP contribution in [-0.2, 0) is 13.0 Å². The molecule has 0 atom stereocenters. The van der Waals surface area contributed by atoms with E-state index in [9.17, 15) is 0 Å². The molecule has 2 aromatic rings. The minimum Gasteiger partial charge on any atom is -0.355 e. The van der Waals surface area contributed by atoms with Gasteiger partial charge < -0.3 is 4.90 Å². The van der Waals surface area contributed by atoms with Crippen molar-refractivity contribution in [2.24, 2.45) is 0 Å². The van der Waals surface area contributed by atoms with Gasteiger partial charge in [0.2, 0.25) is 0 Å². The molecule has 0 bridgehead atoms. The maximum absolute atomic E-state index is 6.24. The Bertz CT molecular complexity index is 631. The van der Waals surface area contributed by atoms with Gasteiger partial charge in [-0.05, 0) is 31.0 Å². The SMILES string of the molecule is CCCc1nc(Cl)c(C)c(N(C)Cc2cccc(Br)c2)n1. The normalized spacial score (nSPS) is 10.7. The summed E-state index contributed by atoms with van der Waals surface area (Å²) in [6, 6.07) is 8.28. The van der Waals surface area contributed by atoms with Crippen molar-refractivity contribution < 1.29 is 0 Å². The van der Waals surface area contributed by atoms with Crippen molar-refractivity contribution in [1.82, 2.24) is 9.97 Å². The number of anilines is 1. The molecule has 0 N–H and O–H groups in total. The lowest BCUT2D eigenvalue weighted by Crippen LogP contribution is -2.20. The van der Waals surface area contributed by atoms with Crippen LogP contribution in [0.2, 0.25) is 5.15 Å². The third kappa shape index (κ3) is 4.17. The molecule has 0 aliphatic carbocycles. The van der Waals surface area contributed by atoms with Crippen molar-refractivity contribution in [2.45, 2.75) is 33.2 Å². The van der Waals surface area contributed by atoms with Gasteiger partial charge in [0.25, 0.3) is 0 Å². The molecular weight excluding hydrogens is 350 g/mol. The summed E-state index contributed by atoms with van der Waals surface area (Å²) in [7, 11) is 2.03. The fraction of sp³-hybridized carbons (Fsp3) is 0.375. The van der Waals surface area contributed by atoms with E-state index in [1.165, 1.54) is 5.56 Å². The molecule has 0 saturated heterocycles. The lowest BCUT2D eigenvalue weighted by Gasteiger charge is -2.21. The van der Waals surface area contributed by atoms with Crippen LogP contribution in [0.25, 0.3) is 0 Å². The molecule has 112 valence electrons. The largest absolute Gasteiger partial charge is 0.355 e. The summed E-state index contributed by atoms with van der Waals surface area (Å²) in [5.74, 6) is 1.71. The Morgan fingerprint density at radius 3 is 2.71 bits per heavy atom. The molecule has 3 nitrogen and oxygen atoms in total. The number of rotatable bonds is 5. The molecule has 1 aromatic carbocycles. The van der Waals surface area contributed by atoms with Gasteiger partial charge in [0.1, 0.15) is 16.8 Å². The minimum absolute atomic E-state index is 0.546. The van der Waals surface area contributed by atoms with Crippen molar-refractivity contribution in [1.29, 1.82) is 0 Å². The highest BCUT2D eigenvalue weighted by molar-refractivity contribution is 9.10. The molecule has 5 heteroatoms. The van der Waals surface area contributed by atoms with Gasteiger partial charge in [-0.15, -0.1) is 0 Å². The monoisotopic (exact) mass is 367 g/mol. The minimum atomic E-state index is 0.546. The molecule has 1 heterocycles. The van der Waals surface area contributed by atoms with Crippen LogP contribution in [0.3, 0.4) is 0 Å². The lowest BCUT2D eigenvalue weighted by atomic mass is 10.2. The maximum Gasteiger partial charge on any atom is 0.137 e. The van der Waals surface area contributed by atoms with Gasteiger partial charge in [-0.2, -0.15) is 0 Å². The topological polar surface area (TPSA) is 29.0 Å². The highest BCUT2D eigenvalue weighted by atomic mass is 79.9. The van der Waals surface area contributed by atoms with Gasteiger partial charge in [0.15, 0.2) is 0 Å². The predicted octanol–water partition coefficient (Wildman–Crippen LogP) is 4.79. The van der Waals surface area contributed by atoms with Crippen LogP contribution in [0.4, 0.5) is 5.82 Å². The van der Waals surface area contributed by atoms with E-state index in [4.69, 9.17) is 11.6 Å². The number of halogens is 2. The Morgan fingerprint density at radius 1 is 1.29 bits per heavy atom. The van der Waals surface area contributed by atoms with Gasteiger partial charge in [-0.25, -0.2) is 9.97 Å². The second-order valence-electron chi connectivity index (χ2n) is 5.12. The number of aromatic nitrogens is 2. The summed E-state index contributed by atoms with van der Waals surface area (Å²) in [4.78, 5) is 11.1. The molecule has 0 aliphatic rings. The molecule has 0 radical (unpaired) electrons. The van der Waals surface area contributed by atoms with Crippen molar-refractivity contribution in [3.8, 4) is 0 Å². The van der Waals surface area contributed by atoms with Crippen LogP contribution >= 0.6 is 27.5 Å². The molecule has 0 unspecified atom stereocenters. The Hall–Kier alpha value is -1.13. The smallest absolute Gasteiger partial charge is 0.137 e. The van der Waals surface area contributed by atoms with Crippen LogP contribution in [0.15, 0.2) is 28.7 Å². The van der Waals surface area contributed by atoms with Crippen LogP contribution in [0.5, 0.6) is 0 Å². The number of aryl methyl sites for hydroxylation is 1. The average molecular weight is 369 g/mol. The van der Waals surface area contributed by atoms with Crippen LogP contribution in [0.1, 0.15) is 30.3 Å². The number of hydrogen-bond donors (Lipinski definition) is 0. The zero-order chi connectivity index (χ0) is 15.4. The molecule has 2 rings (SSSR count). The molecule has 0 aliphatic heterocycles. The van der Waals surface area contributed by atoms with E-state index >= 15 is 0 Å². The second-order valence-corrected chi connectivity index (χ2v) is 6.39. The van der Waals surface area contributed by atoms with Gasteiger partial charge in [-0.1, -0.05) is 46.6 Å². The standard InChI is InChI=1S/C16H19BrClN3/c1-4-6-14-19-15(18)11(2)16(20-14)21(3)10-12-7-5-8-13(17)9-12/h5,7-9H,4,6,10H2,1-3H3. The molecular formula is C16H19BrClN3. The quantitative estimate of drug-likeness (QED) is 0.711. The van der Waals surface area contributed by atoms with Crippen LogP contribution < -0.4 is 4.90 Å². The summed E-state index contributed by atoms with van der Waals surface area (Å²) >= 11 is 9.74. The van der Waals surface area contributed by atoms with E-state index in [-0.39, 0.29) is 0 Å². The summed E-state index contributed by atoms with van der Waals surface area (Å²) < 4.78 is 1.08. The Kier molecular flexibility index (Phi) is 5.59. The van der Waals surface area contributed by atoms with Crippen LogP contribution in [-0.4, -0.2) is 17.0 Å². The Morgan fingerprint density at radius 2 is 2.05 bits per heavy atom. The molecule has 0 fully saturated rings. The fourth-order valence-corrected chi connectivity index (χ4v) is 2.84. The van der Waals surface area contributed by atoms with E-state index in [0.717, 1.165) is 41.1 Å². The fourth-order valence-electron chi connectivity index (χ4n) is 2.21. The zero-order valence-electron chi connectivity index (χ0n) is 12.5. The summed E-state index contributed by atoms with van der Waals surface area (Å²) in [6.07, 6.45) is 1.85. The molecule has 1 aromatic heterocycles. The third-order valence-electron chi connectivity index (χ3n) is 3.25. The Labute approximate surface area is 139 Å². The van der Waals surface area contributed by atoms with Gasteiger partial charge in [0.05, 0.1) is 0 Å². The summed E-state index contributed by atoms with van der Waals surface area (Å²) in [6.45, 7) is 4.85. The van der Waals surface area contributed by atoms with E-state index in [0.29, 0.717) is 5.15 Å². The van der Waals surface area contributed by atoms with Crippen molar-refractivity contribution in [2.75, 3.05) is 11.9 Å². The molecule has 0 spiro atoms.